The molecular formula is C24H21FN4O6S2. The number of rotatable bonds is 9. The molecular weight excluding hydrogens is 523 g/mol. The van der Waals surface area contributed by atoms with Gasteiger partial charge in [-0.1, -0.05) is 12.1 Å². The van der Waals surface area contributed by atoms with Gasteiger partial charge in [-0.2, -0.15) is 0 Å². The number of esters is 1. The minimum atomic E-state index is -4.09. The molecule has 4 rings (SSSR count). The van der Waals surface area contributed by atoms with E-state index in [0.29, 0.717) is 5.56 Å². The van der Waals surface area contributed by atoms with Crippen molar-refractivity contribution in [2.24, 2.45) is 5.14 Å². The van der Waals surface area contributed by atoms with Crippen molar-refractivity contribution in [2.45, 2.75) is 16.3 Å². The normalized spacial score (nSPS) is 11.8. The fraction of sp³-hybridized carbons (Fsp3) is 0.0833. The first-order chi connectivity index (χ1) is 17.6. The second-order valence-corrected chi connectivity index (χ2v) is 11.2. The lowest BCUT2D eigenvalue weighted by atomic mass is 10.1. The van der Waals surface area contributed by atoms with Crippen LogP contribution in [0.2, 0.25) is 0 Å². The van der Waals surface area contributed by atoms with Crippen molar-refractivity contribution in [1.29, 1.82) is 0 Å². The van der Waals surface area contributed by atoms with Crippen molar-refractivity contribution in [3.05, 3.63) is 102 Å². The van der Waals surface area contributed by atoms with Gasteiger partial charge in [0.25, 0.3) is 10.0 Å². The number of carbonyl (C=O) groups excluding carboxylic acids is 1. The van der Waals surface area contributed by atoms with Crippen LogP contribution < -0.4 is 10.5 Å². The summed E-state index contributed by atoms with van der Waals surface area (Å²) in [5.74, 6) is -1.30. The number of aromatic nitrogens is 2. The fourth-order valence-corrected chi connectivity index (χ4v) is 5.32. The molecule has 0 fully saturated rings. The van der Waals surface area contributed by atoms with E-state index in [1.165, 1.54) is 79.3 Å². The Hall–Kier alpha value is -3.91. The van der Waals surface area contributed by atoms with Crippen LogP contribution in [0.5, 0.6) is 0 Å². The van der Waals surface area contributed by atoms with E-state index in [1.54, 1.807) is 6.07 Å². The average Bonchev–Trinajstić information content (AvgIpc) is 3.32. The first kappa shape index (κ1) is 26.2. The minimum Gasteiger partial charge on any atom is -0.446 e. The summed E-state index contributed by atoms with van der Waals surface area (Å²) in [5, 5.41) is 7.90. The van der Waals surface area contributed by atoms with Gasteiger partial charge in [0.05, 0.1) is 16.2 Å². The summed E-state index contributed by atoms with van der Waals surface area (Å²) in [6.07, 6.45) is 4.00. The second-order valence-electron chi connectivity index (χ2n) is 7.78. The molecule has 10 nitrogen and oxygen atoms in total. The van der Waals surface area contributed by atoms with Crippen molar-refractivity contribution in [1.82, 2.24) is 14.3 Å². The third-order valence-electron chi connectivity index (χ3n) is 5.24. The highest BCUT2D eigenvalue weighted by Gasteiger charge is 2.23. The first-order valence-corrected chi connectivity index (χ1v) is 13.7. The topological polar surface area (TPSA) is 150 Å². The summed E-state index contributed by atoms with van der Waals surface area (Å²) < 4.78 is 69.9. The van der Waals surface area contributed by atoms with Gasteiger partial charge in [-0.15, -0.1) is 0 Å². The molecule has 2 aromatic carbocycles. The highest BCUT2D eigenvalue weighted by atomic mass is 32.2. The number of benzene rings is 2. The molecule has 0 atom stereocenters. The van der Waals surface area contributed by atoms with Crippen LogP contribution >= 0.6 is 0 Å². The van der Waals surface area contributed by atoms with E-state index in [-0.39, 0.29) is 39.9 Å². The Kier molecular flexibility index (Phi) is 7.50. The van der Waals surface area contributed by atoms with Crippen LogP contribution in [0.3, 0.4) is 0 Å². The van der Waals surface area contributed by atoms with E-state index in [2.05, 4.69) is 10.3 Å². The van der Waals surface area contributed by atoms with E-state index < -0.39 is 31.8 Å². The van der Waals surface area contributed by atoms with Crippen LogP contribution in [-0.2, 0) is 31.3 Å². The number of nitrogens with zero attached hydrogens (tertiary/aromatic N) is 2. The number of pyridine rings is 1. The highest BCUT2D eigenvalue weighted by molar-refractivity contribution is 7.90. The molecule has 0 unspecified atom stereocenters. The van der Waals surface area contributed by atoms with Gasteiger partial charge in [-0.25, -0.2) is 35.1 Å². The number of nitrogens with one attached hydrogen (secondary N) is 1. The molecule has 0 aliphatic heterocycles. The number of nitrogens with two attached hydrogens (primary N) is 1. The van der Waals surface area contributed by atoms with Crippen molar-refractivity contribution in [2.75, 3.05) is 6.73 Å². The Morgan fingerprint density at radius 3 is 2.38 bits per heavy atom. The fourth-order valence-electron chi connectivity index (χ4n) is 3.45. The third kappa shape index (κ3) is 5.91. The van der Waals surface area contributed by atoms with Gasteiger partial charge in [0.1, 0.15) is 17.4 Å². The Morgan fingerprint density at radius 2 is 1.73 bits per heavy atom. The van der Waals surface area contributed by atoms with Gasteiger partial charge in [0.2, 0.25) is 10.0 Å². The summed E-state index contributed by atoms with van der Waals surface area (Å²) in [4.78, 5) is 15.9. The molecule has 2 heterocycles. The van der Waals surface area contributed by atoms with Gasteiger partial charge in [0.15, 0.2) is 0 Å². The lowest BCUT2D eigenvalue weighted by Crippen LogP contribution is -2.20. The largest absolute Gasteiger partial charge is 0.446 e. The lowest BCUT2D eigenvalue weighted by molar-refractivity contribution is 0.0470. The number of carbonyl (C=O) groups is 1. The standard InChI is InChI=1S/C24H21FN4O6S2/c25-22-6-2-1-5-21(22)23-12-17(15-29(23)37(33,34)20-4-3-11-27-14-20)13-28-16-35-24(30)18-7-9-19(10-8-18)36(26,31)32/h1-12,14-15,28H,13,16H2,(H2,26,31,32). The van der Waals surface area contributed by atoms with Crippen LogP contribution in [0.4, 0.5) is 4.39 Å². The number of primary sulfonamides is 1. The predicted molar refractivity (Wildman–Crippen MR) is 132 cm³/mol. The van der Waals surface area contributed by atoms with Crippen LogP contribution in [-0.4, -0.2) is 38.5 Å². The lowest BCUT2D eigenvalue weighted by Gasteiger charge is -2.11. The van der Waals surface area contributed by atoms with Gasteiger partial charge < -0.3 is 4.74 Å². The zero-order chi connectivity index (χ0) is 26.6. The molecule has 37 heavy (non-hydrogen) atoms. The van der Waals surface area contributed by atoms with Crippen molar-refractivity contribution in [3.8, 4) is 11.3 Å². The molecule has 0 saturated carbocycles. The average molecular weight is 545 g/mol. The molecule has 0 spiro atoms. The Balaban J connectivity index is 1.50. The monoisotopic (exact) mass is 544 g/mol. The summed E-state index contributed by atoms with van der Waals surface area (Å²) in [6, 6.07) is 15.1. The summed E-state index contributed by atoms with van der Waals surface area (Å²) >= 11 is 0. The third-order valence-corrected chi connectivity index (χ3v) is 7.82. The molecule has 3 N–H and O–H groups in total. The molecule has 13 heteroatoms. The maximum Gasteiger partial charge on any atom is 0.339 e. The van der Waals surface area contributed by atoms with Crippen LogP contribution in [0, 0.1) is 5.82 Å². The van der Waals surface area contributed by atoms with Gasteiger partial charge in [-0.3, -0.25) is 10.3 Å². The number of sulfonamides is 1. The van der Waals surface area contributed by atoms with E-state index in [9.17, 15) is 26.0 Å². The SMILES string of the molecule is NS(=O)(=O)c1ccc(C(=O)OCNCc2cc(-c3ccccc3F)n(S(=O)(=O)c3cccnc3)c2)cc1. The maximum absolute atomic E-state index is 14.6. The molecule has 2 aromatic heterocycles. The van der Waals surface area contributed by atoms with Crippen molar-refractivity contribution >= 4 is 26.0 Å². The van der Waals surface area contributed by atoms with Gasteiger partial charge >= 0.3 is 5.97 Å². The van der Waals surface area contributed by atoms with Crippen LogP contribution in [0.15, 0.2) is 95.1 Å². The molecule has 0 aliphatic carbocycles. The van der Waals surface area contributed by atoms with E-state index >= 15 is 0 Å². The van der Waals surface area contributed by atoms with Gasteiger partial charge in [-0.05, 0) is 60.2 Å². The molecule has 0 bridgehead atoms. The molecule has 0 saturated heterocycles. The molecule has 0 radical (unpaired) electrons. The van der Waals surface area contributed by atoms with E-state index in [4.69, 9.17) is 9.88 Å². The van der Waals surface area contributed by atoms with Crippen molar-refractivity contribution in [3.63, 3.8) is 0 Å². The first-order valence-electron chi connectivity index (χ1n) is 10.7. The van der Waals surface area contributed by atoms with Crippen molar-refractivity contribution < 1.29 is 30.8 Å². The van der Waals surface area contributed by atoms with Gasteiger partial charge in [0, 0.05) is 30.7 Å². The Bertz CT molecular complexity index is 1640. The number of hydrogen-bond donors (Lipinski definition) is 2. The zero-order valence-electron chi connectivity index (χ0n) is 19.1. The van der Waals surface area contributed by atoms with Crippen LogP contribution in [0.1, 0.15) is 15.9 Å². The maximum atomic E-state index is 14.6. The Morgan fingerprint density at radius 1 is 1.00 bits per heavy atom. The number of ether oxygens (including phenoxy) is 1. The van der Waals surface area contributed by atoms with E-state index in [0.717, 1.165) is 3.97 Å². The summed E-state index contributed by atoms with van der Waals surface area (Å²) in [6.45, 7) is -0.139. The molecule has 0 amide bonds. The quantitative estimate of drug-likeness (QED) is 0.185. The predicted octanol–water partition coefficient (Wildman–Crippen LogP) is 2.48. The number of hydrogen-bond acceptors (Lipinski definition) is 8. The molecule has 192 valence electrons. The minimum absolute atomic E-state index is 0.0647. The highest BCUT2D eigenvalue weighted by Crippen LogP contribution is 2.29. The number of halogens is 1. The summed E-state index contributed by atoms with van der Waals surface area (Å²) in [5.41, 5.74) is 0.810. The zero-order valence-corrected chi connectivity index (χ0v) is 20.7. The molecule has 0 aliphatic rings. The van der Waals surface area contributed by atoms with E-state index in [1.807, 2.05) is 0 Å². The Labute approximate surface area is 212 Å². The smallest absolute Gasteiger partial charge is 0.339 e. The molecule has 4 aromatic rings. The summed E-state index contributed by atoms with van der Waals surface area (Å²) in [7, 11) is -7.97. The second kappa shape index (κ2) is 10.6. The van der Waals surface area contributed by atoms with Crippen LogP contribution in [0.25, 0.3) is 11.3 Å².